The Morgan fingerprint density at radius 3 is 2.53 bits per heavy atom. The summed E-state index contributed by atoms with van der Waals surface area (Å²) in [4.78, 5) is 32.3. The predicted octanol–water partition coefficient (Wildman–Crippen LogP) is 2.12. The number of likely N-dealkylation sites (N-methyl/N-ethyl adjacent to an activating group) is 1. The largest absolute Gasteiger partial charge is 0.495 e. The van der Waals surface area contributed by atoms with Crippen molar-refractivity contribution < 1.29 is 14.3 Å². The number of methoxy groups -OCH3 is 1. The average Bonchev–Trinajstić information content (AvgIpc) is 2.85. The number of fused-ring (bicyclic) bond motifs is 1. The minimum atomic E-state index is -0.700. The Morgan fingerprint density at radius 2 is 1.76 bits per heavy atom. The Kier molecular flexibility index (Phi) is 7.70. The third-order valence-corrected chi connectivity index (χ3v) is 6.84. The second kappa shape index (κ2) is 10.9. The van der Waals surface area contributed by atoms with E-state index in [1.807, 2.05) is 6.07 Å². The molecule has 2 N–H and O–H groups in total. The average molecular weight is 466 g/mol. The number of hydrogen-bond acceptors (Lipinski definition) is 6. The highest BCUT2D eigenvalue weighted by atomic mass is 16.5. The molecule has 1 atom stereocenters. The molecule has 8 nitrogen and oxygen atoms in total. The molecule has 0 aliphatic carbocycles. The van der Waals surface area contributed by atoms with Crippen LogP contribution in [0.25, 0.3) is 0 Å². The molecule has 0 saturated carbocycles. The summed E-state index contributed by atoms with van der Waals surface area (Å²) in [5, 5.41) is 5.53. The molecule has 4 rings (SSSR count). The van der Waals surface area contributed by atoms with Crippen molar-refractivity contribution in [2.75, 3.05) is 70.7 Å². The van der Waals surface area contributed by atoms with Gasteiger partial charge in [0.2, 0.25) is 0 Å². The van der Waals surface area contributed by atoms with Crippen molar-refractivity contribution in [2.45, 2.75) is 18.9 Å². The van der Waals surface area contributed by atoms with Crippen molar-refractivity contribution in [3.05, 3.63) is 53.6 Å². The SMILES string of the molecule is COc1ccccc1NC(=O)C(=O)NC[C@H](c1ccc2c(c1)CCCN2C)N1CCN(C)CC1. The van der Waals surface area contributed by atoms with E-state index in [2.05, 4.69) is 57.6 Å². The zero-order valence-corrected chi connectivity index (χ0v) is 20.3. The highest BCUT2D eigenvalue weighted by Gasteiger charge is 2.27. The second-order valence-corrected chi connectivity index (χ2v) is 9.13. The van der Waals surface area contributed by atoms with Gasteiger partial charge in [-0.25, -0.2) is 0 Å². The van der Waals surface area contributed by atoms with Gasteiger partial charge in [0.25, 0.3) is 0 Å². The zero-order valence-electron chi connectivity index (χ0n) is 20.3. The number of amides is 2. The number of piperazine rings is 1. The van der Waals surface area contributed by atoms with Crippen molar-refractivity contribution in [2.24, 2.45) is 0 Å². The molecule has 2 aromatic carbocycles. The van der Waals surface area contributed by atoms with Crippen molar-refractivity contribution in [1.82, 2.24) is 15.1 Å². The number of aryl methyl sites for hydroxylation is 1. The number of anilines is 2. The molecular weight excluding hydrogens is 430 g/mol. The summed E-state index contributed by atoms with van der Waals surface area (Å²) in [6, 6.07) is 13.7. The predicted molar refractivity (Wildman–Crippen MR) is 134 cm³/mol. The fourth-order valence-corrected chi connectivity index (χ4v) is 4.80. The van der Waals surface area contributed by atoms with Gasteiger partial charge in [0.05, 0.1) is 18.8 Å². The van der Waals surface area contributed by atoms with Gasteiger partial charge in [-0.1, -0.05) is 24.3 Å². The van der Waals surface area contributed by atoms with E-state index in [0.717, 1.165) is 45.6 Å². The topological polar surface area (TPSA) is 77.1 Å². The first-order valence-electron chi connectivity index (χ1n) is 11.9. The summed E-state index contributed by atoms with van der Waals surface area (Å²) < 4.78 is 5.26. The Balaban J connectivity index is 1.47. The summed E-state index contributed by atoms with van der Waals surface area (Å²) in [5.41, 5.74) is 4.29. The summed E-state index contributed by atoms with van der Waals surface area (Å²) in [5.74, 6) is -0.839. The number of para-hydroxylation sites is 2. The lowest BCUT2D eigenvalue weighted by Gasteiger charge is -2.39. The van der Waals surface area contributed by atoms with Crippen molar-refractivity contribution in [3.63, 3.8) is 0 Å². The van der Waals surface area contributed by atoms with Gasteiger partial charge in [-0.3, -0.25) is 14.5 Å². The molecule has 2 aliphatic rings. The van der Waals surface area contributed by atoms with Gasteiger partial charge in [0, 0.05) is 52.0 Å². The van der Waals surface area contributed by atoms with E-state index in [4.69, 9.17) is 4.74 Å². The zero-order chi connectivity index (χ0) is 24.1. The van der Waals surface area contributed by atoms with Crippen molar-refractivity contribution in [3.8, 4) is 5.75 Å². The van der Waals surface area contributed by atoms with Gasteiger partial charge in [0.15, 0.2) is 0 Å². The van der Waals surface area contributed by atoms with Gasteiger partial charge in [0.1, 0.15) is 5.75 Å². The van der Waals surface area contributed by atoms with Crippen LogP contribution in [0.1, 0.15) is 23.6 Å². The summed E-state index contributed by atoms with van der Waals surface area (Å²) in [6.07, 6.45) is 2.21. The maximum atomic E-state index is 12.7. The quantitative estimate of drug-likeness (QED) is 0.637. The lowest BCUT2D eigenvalue weighted by atomic mass is 9.95. The molecule has 0 bridgehead atoms. The van der Waals surface area contributed by atoms with Crippen LogP contribution in [0, 0.1) is 0 Å². The molecule has 2 aliphatic heterocycles. The van der Waals surface area contributed by atoms with Crippen LogP contribution in [0.5, 0.6) is 5.75 Å². The first kappa shape index (κ1) is 24.0. The smallest absolute Gasteiger partial charge is 0.313 e. The maximum absolute atomic E-state index is 12.7. The van der Waals surface area contributed by atoms with Crippen LogP contribution in [0.15, 0.2) is 42.5 Å². The Morgan fingerprint density at radius 1 is 1.00 bits per heavy atom. The third kappa shape index (κ3) is 5.51. The van der Waals surface area contributed by atoms with Crippen LogP contribution in [-0.4, -0.2) is 82.1 Å². The van der Waals surface area contributed by atoms with Crippen LogP contribution in [0.2, 0.25) is 0 Å². The molecule has 182 valence electrons. The Labute approximate surface area is 201 Å². The molecule has 1 fully saturated rings. The van der Waals surface area contributed by atoms with Crippen molar-refractivity contribution in [1.29, 1.82) is 0 Å². The molecule has 0 aromatic heterocycles. The number of hydrogen-bond donors (Lipinski definition) is 2. The van der Waals surface area contributed by atoms with Gasteiger partial charge in [-0.15, -0.1) is 0 Å². The number of nitrogens with zero attached hydrogens (tertiary/aromatic N) is 3. The molecule has 8 heteroatoms. The Bertz CT molecular complexity index is 1020. The molecule has 0 unspecified atom stereocenters. The standard InChI is InChI=1S/C26H35N5O3/c1-29-13-15-31(16-14-29)23(20-10-11-22-19(17-20)7-6-12-30(22)2)18-27-25(32)26(33)28-21-8-4-5-9-24(21)34-3/h4-5,8-11,17,23H,6-7,12-16,18H2,1-3H3,(H,27,32)(H,28,33)/t23-/m1/s1. The molecule has 0 radical (unpaired) electrons. The van der Waals surface area contributed by atoms with Gasteiger partial charge < -0.3 is 25.2 Å². The number of ether oxygens (including phenoxy) is 1. The van der Waals surface area contributed by atoms with Gasteiger partial charge in [-0.2, -0.15) is 0 Å². The fraction of sp³-hybridized carbons (Fsp3) is 0.462. The number of carbonyl (C=O) groups is 2. The number of carbonyl (C=O) groups excluding carboxylic acids is 2. The number of benzene rings is 2. The molecule has 34 heavy (non-hydrogen) atoms. The number of rotatable bonds is 6. The Hall–Kier alpha value is -3.10. The minimum Gasteiger partial charge on any atom is -0.495 e. The summed E-state index contributed by atoms with van der Waals surface area (Å²) in [7, 11) is 5.79. The van der Waals surface area contributed by atoms with E-state index in [9.17, 15) is 9.59 Å². The van der Waals surface area contributed by atoms with E-state index in [1.165, 1.54) is 23.9 Å². The van der Waals surface area contributed by atoms with E-state index < -0.39 is 11.8 Å². The summed E-state index contributed by atoms with van der Waals surface area (Å²) >= 11 is 0. The molecule has 0 spiro atoms. The second-order valence-electron chi connectivity index (χ2n) is 9.13. The normalized spacial score (nSPS) is 17.6. The van der Waals surface area contributed by atoms with E-state index >= 15 is 0 Å². The first-order valence-corrected chi connectivity index (χ1v) is 11.9. The highest BCUT2D eigenvalue weighted by molar-refractivity contribution is 6.39. The van der Waals surface area contributed by atoms with Gasteiger partial charge >= 0.3 is 11.8 Å². The molecule has 2 amide bonds. The fourth-order valence-electron chi connectivity index (χ4n) is 4.80. The van der Waals surface area contributed by atoms with E-state index in [-0.39, 0.29) is 6.04 Å². The maximum Gasteiger partial charge on any atom is 0.313 e. The minimum absolute atomic E-state index is 0.00856. The van der Waals surface area contributed by atoms with Crippen LogP contribution in [0.4, 0.5) is 11.4 Å². The van der Waals surface area contributed by atoms with Crippen LogP contribution < -0.4 is 20.3 Å². The van der Waals surface area contributed by atoms with Crippen LogP contribution >= 0.6 is 0 Å². The molecule has 1 saturated heterocycles. The lowest BCUT2D eigenvalue weighted by Crippen LogP contribution is -2.49. The lowest BCUT2D eigenvalue weighted by molar-refractivity contribution is -0.136. The van der Waals surface area contributed by atoms with Crippen LogP contribution in [0.3, 0.4) is 0 Å². The molecule has 2 aromatic rings. The highest BCUT2D eigenvalue weighted by Crippen LogP contribution is 2.31. The first-order chi connectivity index (χ1) is 16.5. The van der Waals surface area contributed by atoms with E-state index in [0.29, 0.717) is 18.0 Å². The van der Waals surface area contributed by atoms with Crippen LogP contribution in [-0.2, 0) is 16.0 Å². The van der Waals surface area contributed by atoms with Gasteiger partial charge in [-0.05, 0) is 49.2 Å². The third-order valence-electron chi connectivity index (χ3n) is 6.84. The molecular formula is C26H35N5O3. The van der Waals surface area contributed by atoms with E-state index in [1.54, 1.807) is 18.2 Å². The summed E-state index contributed by atoms with van der Waals surface area (Å²) in [6.45, 7) is 5.24. The monoisotopic (exact) mass is 465 g/mol. The molecule has 2 heterocycles. The van der Waals surface area contributed by atoms with Crippen molar-refractivity contribution >= 4 is 23.2 Å². The number of nitrogens with one attached hydrogen (secondary N) is 2.